The highest BCUT2D eigenvalue weighted by Crippen LogP contribution is 2.53. The fraction of sp³-hybridized carbons (Fsp3) is 0.333. The quantitative estimate of drug-likeness (QED) is 0.642. The van der Waals surface area contributed by atoms with Crippen molar-refractivity contribution in [3.63, 3.8) is 0 Å². The van der Waals surface area contributed by atoms with Crippen molar-refractivity contribution in [1.29, 1.82) is 0 Å². The van der Waals surface area contributed by atoms with E-state index in [4.69, 9.17) is 16.3 Å². The molecule has 6 heteroatoms. The van der Waals surface area contributed by atoms with Crippen LogP contribution in [0.5, 0.6) is 0 Å². The van der Waals surface area contributed by atoms with Crippen molar-refractivity contribution in [3.05, 3.63) is 64.8 Å². The Morgan fingerprint density at radius 1 is 1.20 bits per heavy atom. The minimum Gasteiger partial charge on any atom is -0.373 e. The Morgan fingerprint density at radius 3 is 2.83 bits per heavy atom. The lowest BCUT2D eigenvalue weighted by Gasteiger charge is -2.54. The second-order valence-electron chi connectivity index (χ2n) is 8.78. The number of hydrogen-bond donors (Lipinski definition) is 1. The van der Waals surface area contributed by atoms with Crippen LogP contribution in [0.15, 0.2) is 48.7 Å². The number of fused-ring (bicyclic) bond motifs is 1. The summed E-state index contributed by atoms with van der Waals surface area (Å²) in [6.07, 6.45) is 4.62. The number of rotatable bonds is 3. The molecule has 5 nitrogen and oxygen atoms in total. The molecule has 3 saturated heterocycles. The van der Waals surface area contributed by atoms with Gasteiger partial charge >= 0.3 is 0 Å². The highest BCUT2D eigenvalue weighted by molar-refractivity contribution is 6.30. The lowest BCUT2D eigenvalue weighted by molar-refractivity contribution is -0.0995. The van der Waals surface area contributed by atoms with Crippen molar-refractivity contribution in [2.75, 3.05) is 11.9 Å². The van der Waals surface area contributed by atoms with Crippen LogP contribution in [-0.4, -0.2) is 40.1 Å². The van der Waals surface area contributed by atoms with Gasteiger partial charge in [0.25, 0.3) is 5.91 Å². The Hall–Kier alpha value is -2.63. The fourth-order valence-electron chi connectivity index (χ4n) is 5.50. The van der Waals surface area contributed by atoms with Gasteiger partial charge < -0.3 is 15.0 Å². The molecule has 1 amide bonds. The second kappa shape index (κ2) is 6.43. The van der Waals surface area contributed by atoms with Gasteiger partial charge in [0.15, 0.2) is 0 Å². The third kappa shape index (κ3) is 2.65. The van der Waals surface area contributed by atoms with Crippen molar-refractivity contribution in [2.45, 2.75) is 43.9 Å². The number of nitrogens with zero attached hydrogens (tertiary/aromatic N) is 2. The molecule has 4 heterocycles. The second-order valence-corrected chi connectivity index (χ2v) is 9.22. The molecule has 1 atom stereocenters. The van der Waals surface area contributed by atoms with E-state index in [1.54, 1.807) is 6.20 Å². The first-order valence-electron chi connectivity index (χ1n) is 10.4. The molecule has 30 heavy (non-hydrogen) atoms. The van der Waals surface area contributed by atoms with Crippen LogP contribution in [0.25, 0.3) is 10.8 Å². The SMILES string of the molecule is Cc1cccc2c(Nc3cccc(Cl)c3)ncc(C(=O)N3C4COC5(C4)CC3C5)c12. The van der Waals surface area contributed by atoms with Crippen molar-refractivity contribution < 1.29 is 9.53 Å². The van der Waals surface area contributed by atoms with Crippen LogP contribution in [0.1, 0.15) is 35.2 Å². The van der Waals surface area contributed by atoms with Gasteiger partial charge in [0.1, 0.15) is 5.82 Å². The van der Waals surface area contributed by atoms with Gasteiger partial charge in [-0.25, -0.2) is 4.98 Å². The van der Waals surface area contributed by atoms with Crippen molar-refractivity contribution in [1.82, 2.24) is 9.88 Å². The van der Waals surface area contributed by atoms with Gasteiger partial charge in [-0.2, -0.15) is 0 Å². The van der Waals surface area contributed by atoms with E-state index in [9.17, 15) is 4.79 Å². The number of halogens is 1. The largest absolute Gasteiger partial charge is 0.373 e. The van der Waals surface area contributed by atoms with Gasteiger partial charge in [-0.15, -0.1) is 0 Å². The van der Waals surface area contributed by atoms with Gasteiger partial charge in [-0.1, -0.05) is 35.9 Å². The number of aromatic nitrogens is 1. The molecule has 1 saturated carbocycles. The standard InChI is InChI=1S/C24H22ClN3O2/c1-14-4-2-7-19-21(14)20(12-26-22(19)27-16-6-3-5-15(25)8-16)23(29)28-17-9-24(10-17)11-18(28)13-30-24/h2-8,12,17-18H,9-11,13H2,1H3,(H,26,27). The zero-order valence-electron chi connectivity index (χ0n) is 16.7. The number of aryl methyl sites for hydroxylation is 1. The number of amides is 1. The number of hydrogen-bond acceptors (Lipinski definition) is 4. The molecule has 0 radical (unpaired) electrons. The summed E-state index contributed by atoms with van der Waals surface area (Å²) in [7, 11) is 0. The molecule has 1 N–H and O–H groups in total. The van der Waals surface area contributed by atoms with E-state index in [1.165, 1.54) is 0 Å². The summed E-state index contributed by atoms with van der Waals surface area (Å²) in [6, 6.07) is 14.1. The highest BCUT2D eigenvalue weighted by Gasteiger charge is 2.61. The van der Waals surface area contributed by atoms with Crippen molar-refractivity contribution in [3.8, 4) is 0 Å². The van der Waals surface area contributed by atoms with E-state index in [0.717, 1.165) is 47.1 Å². The van der Waals surface area contributed by atoms with Gasteiger partial charge in [0.05, 0.1) is 23.8 Å². The minimum atomic E-state index is 0.0626. The minimum absolute atomic E-state index is 0.0626. The van der Waals surface area contributed by atoms with Gasteiger partial charge in [-0.05, 0) is 49.9 Å². The number of anilines is 2. The number of piperidine rings is 2. The zero-order chi connectivity index (χ0) is 20.5. The summed E-state index contributed by atoms with van der Waals surface area (Å²) in [6.45, 7) is 2.70. The topological polar surface area (TPSA) is 54.5 Å². The van der Waals surface area contributed by atoms with Gasteiger partial charge in [0, 0.05) is 33.7 Å². The van der Waals surface area contributed by atoms with E-state index < -0.39 is 0 Å². The van der Waals surface area contributed by atoms with E-state index in [1.807, 2.05) is 49.4 Å². The monoisotopic (exact) mass is 419 g/mol. The third-order valence-electron chi connectivity index (χ3n) is 6.86. The van der Waals surface area contributed by atoms with Gasteiger partial charge in [-0.3, -0.25) is 4.79 Å². The molecule has 1 aliphatic carbocycles. The lowest BCUT2D eigenvalue weighted by atomic mass is 9.68. The Balaban J connectivity index is 1.42. The molecule has 7 rings (SSSR count). The van der Waals surface area contributed by atoms with Crippen LogP contribution < -0.4 is 5.32 Å². The molecule has 2 aromatic carbocycles. The van der Waals surface area contributed by atoms with Crippen molar-refractivity contribution in [2.24, 2.45) is 0 Å². The van der Waals surface area contributed by atoms with E-state index in [-0.39, 0.29) is 17.6 Å². The molecule has 152 valence electrons. The van der Waals surface area contributed by atoms with Crippen LogP contribution in [0.3, 0.4) is 0 Å². The van der Waals surface area contributed by atoms with Gasteiger partial charge in [0.2, 0.25) is 0 Å². The number of benzene rings is 2. The number of carbonyl (C=O) groups excluding carboxylic acids is 1. The normalized spacial score (nSPS) is 26.5. The summed E-state index contributed by atoms with van der Waals surface area (Å²) in [5.41, 5.74) is 2.66. The van der Waals surface area contributed by atoms with Crippen LogP contribution in [-0.2, 0) is 4.74 Å². The lowest BCUT2D eigenvalue weighted by Crippen LogP contribution is -2.63. The summed E-state index contributed by atoms with van der Waals surface area (Å²) in [4.78, 5) is 20.4. The fourth-order valence-corrected chi connectivity index (χ4v) is 5.69. The molecule has 3 aromatic rings. The highest BCUT2D eigenvalue weighted by atomic mass is 35.5. The average Bonchev–Trinajstić information content (AvgIpc) is 3.01. The zero-order valence-corrected chi connectivity index (χ0v) is 17.4. The predicted molar refractivity (Wildman–Crippen MR) is 117 cm³/mol. The first-order chi connectivity index (χ1) is 14.5. The number of ether oxygens (including phenoxy) is 1. The smallest absolute Gasteiger partial charge is 0.256 e. The summed E-state index contributed by atoms with van der Waals surface area (Å²) < 4.78 is 6.02. The predicted octanol–water partition coefficient (Wildman–Crippen LogP) is 5.09. The van der Waals surface area contributed by atoms with E-state index in [0.29, 0.717) is 23.2 Å². The summed E-state index contributed by atoms with van der Waals surface area (Å²) in [5.74, 6) is 0.794. The third-order valence-corrected chi connectivity index (χ3v) is 7.10. The molecule has 3 aliphatic heterocycles. The molecule has 1 unspecified atom stereocenters. The van der Waals surface area contributed by atoms with Crippen LogP contribution >= 0.6 is 11.6 Å². The maximum Gasteiger partial charge on any atom is 0.256 e. The Morgan fingerprint density at radius 2 is 2.00 bits per heavy atom. The first-order valence-corrected chi connectivity index (χ1v) is 10.8. The molecule has 1 spiro atoms. The van der Waals surface area contributed by atoms with E-state index >= 15 is 0 Å². The summed E-state index contributed by atoms with van der Waals surface area (Å²) in [5, 5.41) is 5.91. The first kappa shape index (κ1) is 18.2. The molecule has 3 bridgehead atoms. The Kier molecular flexibility index (Phi) is 3.89. The Labute approximate surface area is 180 Å². The average molecular weight is 420 g/mol. The molecule has 1 aromatic heterocycles. The number of pyridine rings is 1. The van der Waals surface area contributed by atoms with Crippen LogP contribution in [0.4, 0.5) is 11.5 Å². The molecule has 4 fully saturated rings. The maximum atomic E-state index is 13.7. The molecular formula is C24H22ClN3O2. The van der Waals surface area contributed by atoms with Crippen LogP contribution in [0.2, 0.25) is 5.02 Å². The summed E-state index contributed by atoms with van der Waals surface area (Å²) >= 11 is 6.13. The van der Waals surface area contributed by atoms with Crippen LogP contribution in [0, 0.1) is 6.92 Å². The maximum absolute atomic E-state index is 13.7. The number of carbonyl (C=O) groups is 1. The number of nitrogens with one attached hydrogen (secondary N) is 1. The molecule has 4 aliphatic rings. The van der Waals surface area contributed by atoms with Crippen molar-refractivity contribution >= 4 is 39.8 Å². The Bertz CT molecular complexity index is 1190. The molecular weight excluding hydrogens is 398 g/mol. The van der Waals surface area contributed by atoms with E-state index in [2.05, 4.69) is 15.2 Å².